The summed E-state index contributed by atoms with van der Waals surface area (Å²) in [4.78, 5) is 14.9. The standard InChI is InChI=1S/C14H16ClN5O5S.ClH/c1-25-7-11(13(21)22)19-26(23,24)9-2-3-10-8(4-9)5-18-6-12(10)20(15)14(16)17;/h2-6,11,19H,7H2,1H3,(H3,16,17)(H,21,22);1H/t11-;/m1./s1. The molecule has 0 spiro atoms. The van der Waals surface area contributed by atoms with Gasteiger partial charge >= 0.3 is 5.97 Å². The molecule has 2 rings (SSSR count). The van der Waals surface area contributed by atoms with E-state index in [4.69, 9.17) is 32.8 Å². The molecule has 10 nitrogen and oxygen atoms in total. The summed E-state index contributed by atoms with van der Waals surface area (Å²) < 4.78 is 32.6. The normalized spacial score (nSPS) is 12.2. The average molecular weight is 438 g/mol. The lowest BCUT2D eigenvalue weighted by Gasteiger charge is -2.16. The van der Waals surface area contributed by atoms with Crippen molar-refractivity contribution in [2.24, 2.45) is 5.73 Å². The summed E-state index contributed by atoms with van der Waals surface area (Å²) in [5, 5.41) is 17.4. The number of carboxylic acids is 1. The number of nitrogens with one attached hydrogen (secondary N) is 2. The van der Waals surface area contributed by atoms with Crippen LogP contribution in [0.5, 0.6) is 0 Å². The van der Waals surface area contributed by atoms with Crippen molar-refractivity contribution in [2.75, 3.05) is 18.1 Å². The first-order valence-electron chi connectivity index (χ1n) is 7.09. The predicted octanol–water partition coefficient (Wildman–Crippen LogP) is 0.888. The molecule has 1 atom stereocenters. The van der Waals surface area contributed by atoms with Crippen molar-refractivity contribution in [1.82, 2.24) is 9.71 Å². The number of benzene rings is 1. The van der Waals surface area contributed by atoms with Crippen LogP contribution in [0.4, 0.5) is 5.69 Å². The lowest BCUT2D eigenvalue weighted by Crippen LogP contribution is -2.43. The molecule has 5 N–H and O–H groups in total. The Hall–Kier alpha value is -2.18. The second-order valence-electron chi connectivity index (χ2n) is 5.18. The Bertz CT molecular complexity index is 956. The minimum atomic E-state index is -4.12. The number of nitrogens with zero attached hydrogens (tertiary/aromatic N) is 2. The van der Waals surface area contributed by atoms with E-state index in [0.717, 1.165) is 4.42 Å². The number of carbonyl (C=O) groups is 1. The third kappa shape index (κ3) is 5.17. The summed E-state index contributed by atoms with van der Waals surface area (Å²) in [5.74, 6) is -1.79. The number of hydrogen-bond donors (Lipinski definition) is 4. The van der Waals surface area contributed by atoms with E-state index in [9.17, 15) is 13.2 Å². The highest BCUT2D eigenvalue weighted by Gasteiger charge is 2.25. The Kier molecular flexibility index (Phi) is 7.75. The Morgan fingerprint density at radius 1 is 1.48 bits per heavy atom. The third-order valence-corrected chi connectivity index (χ3v) is 5.21. The number of hydrogen-bond acceptors (Lipinski definition) is 6. The number of nitrogens with two attached hydrogens (primary N) is 1. The van der Waals surface area contributed by atoms with Crippen molar-refractivity contribution in [3.8, 4) is 0 Å². The van der Waals surface area contributed by atoms with Crippen LogP contribution in [0.1, 0.15) is 0 Å². The number of aliphatic carboxylic acids is 1. The van der Waals surface area contributed by atoms with Crippen LogP contribution in [0.25, 0.3) is 10.8 Å². The number of ether oxygens (including phenoxy) is 1. The maximum Gasteiger partial charge on any atom is 0.324 e. The highest BCUT2D eigenvalue weighted by molar-refractivity contribution is 7.89. The number of halogens is 2. The zero-order valence-corrected chi connectivity index (χ0v) is 16.3. The van der Waals surface area contributed by atoms with Crippen LogP contribution in [-0.4, -0.2) is 50.2 Å². The van der Waals surface area contributed by atoms with E-state index in [0.29, 0.717) is 16.5 Å². The van der Waals surface area contributed by atoms with Crippen molar-refractivity contribution in [1.29, 1.82) is 5.41 Å². The molecule has 13 heteroatoms. The van der Waals surface area contributed by atoms with Crippen LogP contribution >= 0.6 is 24.2 Å². The van der Waals surface area contributed by atoms with Gasteiger partial charge in [0.25, 0.3) is 0 Å². The number of sulfonamides is 1. The topological polar surface area (TPSA) is 159 Å². The van der Waals surface area contributed by atoms with Crippen LogP contribution in [0.15, 0.2) is 35.5 Å². The quantitative estimate of drug-likeness (QED) is 0.282. The van der Waals surface area contributed by atoms with E-state index in [-0.39, 0.29) is 23.9 Å². The molecule has 1 aromatic heterocycles. The number of methoxy groups -OCH3 is 1. The minimum Gasteiger partial charge on any atom is -0.480 e. The van der Waals surface area contributed by atoms with Crippen LogP contribution in [-0.2, 0) is 19.6 Å². The maximum atomic E-state index is 12.5. The van der Waals surface area contributed by atoms with Gasteiger partial charge in [0, 0.05) is 35.9 Å². The van der Waals surface area contributed by atoms with Gasteiger partial charge in [-0.05, 0) is 12.1 Å². The molecule has 1 aromatic carbocycles. The maximum absolute atomic E-state index is 12.5. The molecule has 0 saturated carbocycles. The number of fused-ring (bicyclic) bond motifs is 1. The van der Waals surface area contributed by atoms with Gasteiger partial charge in [-0.1, -0.05) is 6.07 Å². The molecule has 27 heavy (non-hydrogen) atoms. The molecule has 0 fully saturated rings. The molecule has 0 bridgehead atoms. The molecule has 0 radical (unpaired) electrons. The van der Waals surface area contributed by atoms with E-state index in [2.05, 4.69) is 9.71 Å². The van der Waals surface area contributed by atoms with Gasteiger partial charge in [-0.3, -0.25) is 15.2 Å². The fourth-order valence-electron chi connectivity index (χ4n) is 2.17. The molecule has 0 amide bonds. The SMILES string of the molecule is COC[C@@H](NS(=O)(=O)c1ccc2c(N(Cl)C(=N)N)cncc2c1)C(=O)O.Cl. The Balaban J connectivity index is 0.00000364. The highest BCUT2D eigenvalue weighted by Crippen LogP contribution is 2.28. The molecule has 0 aliphatic rings. The van der Waals surface area contributed by atoms with Crippen molar-refractivity contribution < 1.29 is 23.1 Å². The summed E-state index contributed by atoms with van der Waals surface area (Å²) >= 11 is 5.92. The molecule has 2 aromatic rings. The van der Waals surface area contributed by atoms with Crippen LogP contribution in [0, 0.1) is 5.41 Å². The lowest BCUT2D eigenvalue weighted by molar-refractivity contribution is -0.140. The minimum absolute atomic E-state index is 0. The number of aromatic nitrogens is 1. The molecular weight excluding hydrogens is 421 g/mol. The van der Waals surface area contributed by atoms with Crippen LogP contribution in [0.2, 0.25) is 0 Å². The van der Waals surface area contributed by atoms with E-state index < -0.39 is 28.0 Å². The molecule has 0 saturated heterocycles. The van der Waals surface area contributed by atoms with Crippen molar-refractivity contribution in [2.45, 2.75) is 10.9 Å². The zero-order valence-electron chi connectivity index (χ0n) is 13.9. The molecule has 0 unspecified atom stereocenters. The van der Waals surface area contributed by atoms with Gasteiger partial charge in [-0.2, -0.15) is 4.72 Å². The number of carboxylic acid groups (broad SMARTS) is 1. The van der Waals surface area contributed by atoms with Gasteiger partial charge in [0.15, 0.2) is 0 Å². The number of anilines is 1. The first kappa shape index (κ1) is 22.9. The van der Waals surface area contributed by atoms with Crippen LogP contribution < -0.4 is 14.9 Å². The van der Waals surface area contributed by atoms with Gasteiger partial charge in [0.05, 0.1) is 23.4 Å². The molecule has 1 heterocycles. The van der Waals surface area contributed by atoms with E-state index >= 15 is 0 Å². The van der Waals surface area contributed by atoms with Crippen molar-refractivity contribution in [3.05, 3.63) is 30.6 Å². The van der Waals surface area contributed by atoms with E-state index in [1.807, 2.05) is 0 Å². The summed E-state index contributed by atoms with van der Waals surface area (Å²) in [6, 6.07) is 2.63. The Labute approximate surface area is 166 Å². The second kappa shape index (κ2) is 9.15. The fourth-order valence-corrected chi connectivity index (χ4v) is 3.51. The lowest BCUT2D eigenvalue weighted by atomic mass is 10.1. The summed E-state index contributed by atoms with van der Waals surface area (Å²) in [6.45, 7) is -0.326. The highest BCUT2D eigenvalue weighted by atomic mass is 35.5. The fraction of sp³-hybridized carbons (Fsp3) is 0.214. The summed E-state index contributed by atoms with van der Waals surface area (Å²) in [5.41, 5.74) is 5.65. The molecule has 0 aliphatic carbocycles. The Morgan fingerprint density at radius 3 is 2.70 bits per heavy atom. The van der Waals surface area contributed by atoms with Crippen molar-refractivity contribution >= 4 is 62.6 Å². The van der Waals surface area contributed by atoms with Crippen molar-refractivity contribution in [3.63, 3.8) is 0 Å². The van der Waals surface area contributed by atoms with Gasteiger partial charge in [0.2, 0.25) is 16.0 Å². The summed E-state index contributed by atoms with van der Waals surface area (Å²) in [7, 11) is -2.86. The summed E-state index contributed by atoms with van der Waals surface area (Å²) in [6.07, 6.45) is 2.79. The Morgan fingerprint density at radius 2 is 2.15 bits per heavy atom. The smallest absolute Gasteiger partial charge is 0.324 e. The monoisotopic (exact) mass is 437 g/mol. The van der Waals surface area contributed by atoms with Gasteiger partial charge < -0.3 is 15.6 Å². The number of rotatable bonds is 7. The first-order valence-corrected chi connectivity index (χ1v) is 8.91. The predicted molar refractivity (Wildman–Crippen MR) is 103 cm³/mol. The van der Waals surface area contributed by atoms with Gasteiger partial charge in [0.1, 0.15) is 6.04 Å². The van der Waals surface area contributed by atoms with E-state index in [1.165, 1.54) is 37.7 Å². The van der Waals surface area contributed by atoms with Gasteiger partial charge in [-0.15, -0.1) is 12.4 Å². The number of pyridine rings is 1. The molecule has 148 valence electrons. The third-order valence-electron chi connectivity index (χ3n) is 3.37. The zero-order chi connectivity index (χ0) is 19.5. The largest absolute Gasteiger partial charge is 0.480 e. The second-order valence-corrected chi connectivity index (χ2v) is 7.23. The average Bonchev–Trinajstić information content (AvgIpc) is 2.59. The molecular formula is C14H17Cl2N5O5S. The van der Waals surface area contributed by atoms with E-state index in [1.54, 1.807) is 0 Å². The van der Waals surface area contributed by atoms with Crippen LogP contribution in [0.3, 0.4) is 0 Å². The first-order chi connectivity index (χ1) is 12.2. The van der Waals surface area contributed by atoms with Gasteiger partial charge in [-0.25, -0.2) is 12.8 Å². The molecule has 0 aliphatic heterocycles. The number of guanidine groups is 1.